The molecule has 27 heavy (non-hydrogen) atoms. The molecule has 0 unspecified atom stereocenters. The molecule has 3 rings (SSSR count). The fourth-order valence-electron chi connectivity index (χ4n) is 2.61. The van der Waals surface area contributed by atoms with Gasteiger partial charge in [0.15, 0.2) is 5.82 Å². The molecule has 0 radical (unpaired) electrons. The third-order valence-corrected chi connectivity index (χ3v) is 3.82. The van der Waals surface area contributed by atoms with Crippen LogP contribution in [0.15, 0.2) is 31.0 Å². The SMILES string of the molecule is C[C@@H](Nc1ccnc(-c2c[nH]c3nc[nH+]cc23)n1)C(=O)N(C)CC(F)(F)F. The van der Waals surface area contributed by atoms with Gasteiger partial charge in [0, 0.05) is 19.4 Å². The Labute approximate surface area is 151 Å². The van der Waals surface area contributed by atoms with Crippen molar-refractivity contribution in [3.05, 3.63) is 31.0 Å². The van der Waals surface area contributed by atoms with Crippen LogP contribution in [0.4, 0.5) is 19.0 Å². The highest BCUT2D eigenvalue weighted by molar-refractivity contribution is 5.90. The highest BCUT2D eigenvalue weighted by Crippen LogP contribution is 2.24. The van der Waals surface area contributed by atoms with Gasteiger partial charge in [-0.1, -0.05) is 0 Å². The molecule has 1 amide bonds. The van der Waals surface area contributed by atoms with Gasteiger partial charge in [-0.2, -0.15) is 13.2 Å². The lowest BCUT2D eigenvalue weighted by Gasteiger charge is -2.23. The number of alkyl halides is 3. The summed E-state index contributed by atoms with van der Waals surface area (Å²) in [5, 5.41) is 3.60. The number of aromatic nitrogens is 5. The smallest absolute Gasteiger partial charge is 0.359 e. The Bertz CT molecular complexity index is 956. The molecule has 0 saturated heterocycles. The molecule has 3 N–H and O–H groups in total. The molecular weight excluding hydrogens is 363 g/mol. The molecule has 3 aromatic heterocycles. The third kappa shape index (κ3) is 4.30. The third-order valence-electron chi connectivity index (χ3n) is 3.82. The lowest BCUT2D eigenvalue weighted by molar-refractivity contribution is -0.380. The number of H-pyrrole nitrogens is 2. The van der Waals surface area contributed by atoms with Crippen molar-refractivity contribution < 1.29 is 22.9 Å². The van der Waals surface area contributed by atoms with E-state index in [9.17, 15) is 18.0 Å². The number of carbonyl (C=O) groups excluding carboxylic acids is 1. The summed E-state index contributed by atoms with van der Waals surface area (Å²) in [6.45, 7) is 0.160. The minimum Gasteiger partial charge on any atom is -0.359 e. The van der Waals surface area contributed by atoms with Gasteiger partial charge in [0.1, 0.15) is 24.6 Å². The number of likely N-dealkylation sites (N-methyl/N-ethyl adjacent to an activating group) is 1. The Kier molecular flexibility index (Phi) is 4.93. The first kappa shape index (κ1) is 18.5. The molecule has 142 valence electrons. The van der Waals surface area contributed by atoms with Crippen LogP contribution in [0.1, 0.15) is 6.92 Å². The summed E-state index contributed by atoms with van der Waals surface area (Å²) in [4.78, 5) is 31.3. The van der Waals surface area contributed by atoms with E-state index in [1.807, 2.05) is 0 Å². The number of nitrogens with one attached hydrogen (secondary N) is 3. The fraction of sp³-hybridized carbons (Fsp3) is 0.312. The van der Waals surface area contributed by atoms with Crippen molar-refractivity contribution in [2.45, 2.75) is 19.1 Å². The van der Waals surface area contributed by atoms with Gasteiger partial charge in [-0.25, -0.2) is 15.0 Å². The number of aromatic amines is 2. The maximum Gasteiger partial charge on any atom is 0.406 e. The molecule has 3 heterocycles. The molecule has 0 aromatic carbocycles. The molecule has 0 saturated carbocycles. The fourth-order valence-corrected chi connectivity index (χ4v) is 2.61. The van der Waals surface area contributed by atoms with E-state index >= 15 is 0 Å². The van der Waals surface area contributed by atoms with Crippen LogP contribution in [0.2, 0.25) is 0 Å². The summed E-state index contributed by atoms with van der Waals surface area (Å²) in [5.74, 6) is 0.0119. The van der Waals surface area contributed by atoms with E-state index in [1.54, 1.807) is 12.4 Å². The average molecular weight is 380 g/mol. The first-order valence-electron chi connectivity index (χ1n) is 7.99. The second-order valence-electron chi connectivity index (χ2n) is 5.97. The maximum atomic E-state index is 12.4. The van der Waals surface area contributed by atoms with Crippen molar-refractivity contribution >= 4 is 22.8 Å². The monoisotopic (exact) mass is 380 g/mol. The standard InChI is InChI=1S/C16H16F3N7O/c1-9(15(27)26(2)7-16(17,18)19)24-12-3-4-21-14(25-12)11-6-22-13-10(11)5-20-8-23-13/h3-6,8-9H,7H2,1-2H3,(H,20,22,23)(H,21,24,25)/p+1/t9-/m1/s1. The zero-order valence-corrected chi connectivity index (χ0v) is 14.5. The lowest BCUT2D eigenvalue weighted by Crippen LogP contribution is -2.43. The summed E-state index contributed by atoms with van der Waals surface area (Å²) >= 11 is 0. The number of fused-ring (bicyclic) bond motifs is 1. The van der Waals surface area contributed by atoms with Crippen LogP contribution in [0.25, 0.3) is 22.4 Å². The predicted octanol–water partition coefficient (Wildman–Crippen LogP) is 1.66. The molecule has 0 aliphatic carbocycles. The van der Waals surface area contributed by atoms with Gasteiger partial charge < -0.3 is 15.2 Å². The van der Waals surface area contributed by atoms with Crippen molar-refractivity contribution in [1.82, 2.24) is 24.8 Å². The van der Waals surface area contributed by atoms with E-state index in [0.717, 1.165) is 12.4 Å². The van der Waals surface area contributed by atoms with Crippen molar-refractivity contribution in [2.75, 3.05) is 18.9 Å². The van der Waals surface area contributed by atoms with E-state index in [2.05, 4.69) is 30.2 Å². The molecule has 0 aliphatic heterocycles. The molecule has 11 heteroatoms. The van der Waals surface area contributed by atoms with E-state index in [1.165, 1.54) is 25.5 Å². The van der Waals surface area contributed by atoms with Crippen LogP contribution < -0.4 is 10.3 Å². The molecule has 0 bridgehead atoms. The van der Waals surface area contributed by atoms with Crippen LogP contribution in [0, 0.1) is 0 Å². The summed E-state index contributed by atoms with van der Waals surface area (Å²) in [6, 6.07) is 0.647. The molecule has 1 atom stereocenters. The quantitative estimate of drug-likeness (QED) is 0.701. The topological polar surface area (TPSA) is 101 Å². The Balaban J connectivity index is 1.77. The second-order valence-corrected chi connectivity index (χ2v) is 5.97. The number of halogens is 3. The van der Waals surface area contributed by atoms with Gasteiger partial charge in [-0.05, 0) is 18.0 Å². The highest BCUT2D eigenvalue weighted by atomic mass is 19.4. The zero-order valence-electron chi connectivity index (χ0n) is 14.5. The first-order valence-corrected chi connectivity index (χ1v) is 7.99. The van der Waals surface area contributed by atoms with Crippen LogP contribution in [0.3, 0.4) is 0 Å². The predicted molar refractivity (Wildman–Crippen MR) is 90.5 cm³/mol. The van der Waals surface area contributed by atoms with Crippen LogP contribution >= 0.6 is 0 Å². The summed E-state index contributed by atoms with van der Waals surface area (Å²) < 4.78 is 37.3. The highest BCUT2D eigenvalue weighted by Gasteiger charge is 2.32. The molecular formula is C16H17F3N7O+. The Morgan fingerprint density at radius 2 is 2.19 bits per heavy atom. The summed E-state index contributed by atoms with van der Waals surface area (Å²) in [5.41, 5.74) is 1.36. The average Bonchev–Trinajstić information content (AvgIpc) is 3.04. The van der Waals surface area contributed by atoms with Crippen LogP contribution in [-0.2, 0) is 4.79 Å². The van der Waals surface area contributed by atoms with Crippen molar-refractivity contribution in [2.24, 2.45) is 0 Å². The lowest BCUT2D eigenvalue weighted by atomic mass is 10.2. The Hall–Kier alpha value is -3.24. The minimum absolute atomic E-state index is 0.323. The van der Waals surface area contributed by atoms with Crippen molar-refractivity contribution in [1.29, 1.82) is 0 Å². The second kappa shape index (κ2) is 7.17. The number of nitrogens with zero attached hydrogens (tertiary/aromatic N) is 4. The summed E-state index contributed by atoms with van der Waals surface area (Å²) in [6.07, 6.45) is 2.03. The molecule has 0 spiro atoms. The minimum atomic E-state index is -4.45. The van der Waals surface area contributed by atoms with Gasteiger partial charge in [0.05, 0.1) is 10.9 Å². The number of anilines is 1. The Morgan fingerprint density at radius 3 is 2.93 bits per heavy atom. The number of amides is 1. The van der Waals surface area contributed by atoms with Gasteiger partial charge in [-0.3, -0.25) is 4.79 Å². The van der Waals surface area contributed by atoms with E-state index in [4.69, 9.17) is 0 Å². The maximum absolute atomic E-state index is 12.4. The van der Waals surface area contributed by atoms with Gasteiger partial charge in [0.2, 0.25) is 5.91 Å². The van der Waals surface area contributed by atoms with Gasteiger partial charge >= 0.3 is 6.18 Å². The molecule has 0 aliphatic rings. The largest absolute Gasteiger partial charge is 0.406 e. The number of hydrogen-bond donors (Lipinski definition) is 2. The van der Waals surface area contributed by atoms with Crippen LogP contribution in [-0.4, -0.2) is 56.6 Å². The summed E-state index contributed by atoms with van der Waals surface area (Å²) in [7, 11) is 1.11. The zero-order chi connectivity index (χ0) is 19.6. The molecule has 8 nitrogen and oxygen atoms in total. The molecule has 0 fully saturated rings. The Morgan fingerprint density at radius 1 is 1.41 bits per heavy atom. The van der Waals surface area contributed by atoms with Gasteiger partial charge in [-0.15, -0.1) is 0 Å². The van der Waals surface area contributed by atoms with E-state index in [0.29, 0.717) is 27.8 Å². The number of hydrogen-bond acceptors (Lipinski definition) is 5. The van der Waals surface area contributed by atoms with Crippen LogP contribution in [0.5, 0.6) is 0 Å². The van der Waals surface area contributed by atoms with E-state index < -0.39 is 24.7 Å². The number of rotatable bonds is 5. The van der Waals surface area contributed by atoms with Crippen molar-refractivity contribution in [3.63, 3.8) is 0 Å². The van der Waals surface area contributed by atoms with E-state index in [-0.39, 0.29) is 0 Å². The first-order chi connectivity index (χ1) is 12.7. The van der Waals surface area contributed by atoms with Crippen molar-refractivity contribution in [3.8, 4) is 11.4 Å². The number of carbonyl (C=O) groups is 1. The normalized spacial score (nSPS) is 12.8. The van der Waals surface area contributed by atoms with Gasteiger partial charge in [0.25, 0.3) is 12.0 Å². The molecule has 3 aromatic rings.